The van der Waals surface area contributed by atoms with E-state index >= 15 is 0 Å². The molecule has 2 fully saturated rings. The lowest BCUT2D eigenvalue weighted by atomic mass is 9.92. The molecular formula is C15H30N2S. The average molecular weight is 270 g/mol. The number of piperidine rings is 1. The zero-order chi connectivity index (χ0) is 13.5. The van der Waals surface area contributed by atoms with E-state index in [0.29, 0.717) is 10.9 Å². The van der Waals surface area contributed by atoms with Crippen molar-refractivity contribution in [1.82, 2.24) is 9.80 Å². The zero-order valence-corrected chi connectivity index (χ0v) is 13.8. The van der Waals surface area contributed by atoms with E-state index in [0.717, 1.165) is 18.1 Å². The van der Waals surface area contributed by atoms with Crippen LogP contribution in [0.25, 0.3) is 0 Å². The molecule has 2 saturated heterocycles. The third-order valence-corrected chi connectivity index (χ3v) is 6.06. The quantitative estimate of drug-likeness (QED) is 0.776. The second-order valence-electron chi connectivity index (χ2n) is 7.07. The molecule has 0 amide bonds. The monoisotopic (exact) mass is 270 g/mol. The van der Waals surface area contributed by atoms with Gasteiger partial charge in [-0.3, -0.25) is 9.80 Å². The molecule has 3 unspecified atom stereocenters. The minimum absolute atomic E-state index is 0.303. The molecule has 0 aromatic carbocycles. The third kappa shape index (κ3) is 2.73. The van der Waals surface area contributed by atoms with Gasteiger partial charge in [0.25, 0.3) is 0 Å². The van der Waals surface area contributed by atoms with E-state index in [2.05, 4.69) is 50.8 Å². The smallest absolute Gasteiger partial charge is 0.0531 e. The fourth-order valence-electron chi connectivity index (χ4n) is 3.76. The molecule has 2 nitrogen and oxygen atoms in total. The maximum Gasteiger partial charge on any atom is 0.0531 e. The highest BCUT2D eigenvalue weighted by Crippen LogP contribution is 2.41. The Labute approximate surface area is 117 Å². The summed E-state index contributed by atoms with van der Waals surface area (Å²) in [5.41, 5.74) is 0.303. The van der Waals surface area contributed by atoms with Gasteiger partial charge >= 0.3 is 0 Å². The first kappa shape index (κ1) is 14.7. The van der Waals surface area contributed by atoms with Gasteiger partial charge in [0.2, 0.25) is 0 Å². The molecule has 2 aliphatic rings. The van der Waals surface area contributed by atoms with Crippen LogP contribution in [-0.4, -0.2) is 52.1 Å². The summed E-state index contributed by atoms with van der Waals surface area (Å²) in [6.07, 6.45) is 7.83. The Kier molecular flexibility index (Phi) is 4.35. The van der Waals surface area contributed by atoms with Crippen molar-refractivity contribution < 1.29 is 0 Å². The summed E-state index contributed by atoms with van der Waals surface area (Å²) in [6, 6.07) is 2.45. The Hall–Kier alpha value is 0.270. The number of fused-ring (bicyclic) bond motifs is 2. The van der Waals surface area contributed by atoms with Gasteiger partial charge in [0.05, 0.1) is 5.37 Å². The molecule has 0 saturated carbocycles. The van der Waals surface area contributed by atoms with Crippen LogP contribution in [0.2, 0.25) is 0 Å². The van der Waals surface area contributed by atoms with Crippen LogP contribution in [0, 0.1) is 0 Å². The molecule has 2 heterocycles. The molecule has 3 atom stereocenters. The average Bonchev–Trinajstić information content (AvgIpc) is 2.56. The van der Waals surface area contributed by atoms with Crippen LogP contribution in [-0.2, 0) is 0 Å². The Bertz CT molecular complexity index is 273. The van der Waals surface area contributed by atoms with E-state index in [9.17, 15) is 0 Å². The van der Waals surface area contributed by atoms with Crippen molar-refractivity contribution in [1.29, 1.82) is 0 Å². The van der Waals surface area contributed by atoms with Crippen molar-refractivity contribution in [2.45, 2.75) is 82.4 Å². The normalized spacial score (nSPS) is 35.2. The Morgan fingerprint density at radius 1 is 1.17 bits per heavy atom. The Morgan fingerprint density at radius 2 is 1.67 bits per heavy atom. The second kappa shape index (κ2) is 5.34. The van der Waals surface area contributed by atoms with Crippen molar-refractivity contribution in [3.8, 4) is 0 Å². The van der Waals surface area contributed by atoms with Gasteiger partial charge in [0.1, 0.15) is 0 Å². The fraction of sp³-hybridized carbons (Fsp3) is 1.00. The lowest BCUT2D eigenvalue weighted by Gasteiger charge is -2.47. The maximum atomic E-state index is 2.80. The Morgan fingerprint density at radius 3 is 2.06 bits per heavy atom. The van der Waals surface area contributed by atoms with Gasteiger partial charge in [-0.05, 0) is 66.7 Å². The molecule has 2 aliphatic heterocycles. The van der Waals surface area contributed by atoms with Crippen LogP contribution >= 0.6 is 11.8 Å². The molecule has 106 valence electrons. The van der Waals surface area contributed by atoms with E-state index in [1.807, 2.05) is 11.8 Å². The molecule has 0 N–H and O–H groups in total. The maximum absolute atomic E-state index is 2.80. The van der Waals surface area contributed by atoms with Crippen molar-refractivity contribution in [2.24, 2.45) is 0 Å². The molecule has 0 spiro atoms. The molecule has 0 aromatic heterocycles. The largest absolute Gasteiger partial charge is 0.298 e. The van der Waals surface area contributed by atoms with Gasteiger partial charge in [-0.2, -0.15) is 0 Å². The zero-order valence-electron chi connectivity index (χ0n) is 12.9. The van der Waals surface area contributed by atoms with E-state index in [4.69, 9.17) is 0 Å². The molecule has 18 heavy (non-hydrogen) atoms. The van der Waals surface area contributed by atoms with E-state index in [-0.39, 0.29) is 0 Å². The number of hydrogen-bond donors (Lipinski definition) is 0. The van der Waals surface area contributed by atoms with Crippen LogP contribution in [0.3, 0.4) is 0 Å². The van der Waals surface area contributed by atoms with Gasteiger partial charge in [-0.15, -0.1) is 11.8 Å². The summed E-state index contributed by atoms with van der Waals surface area (Å²) in [4.78, 5) is 5.41. The van der Waals surface area contributed by atoms with Crippen molar-refractivity contribution in [3.63, 3.8) is 0 Å². The number of hydrogen-bond acceptors (Lipinski definition) is 3. The minimum atomic E-state index is 0.303. The molecule has 0 aromatic rings. The predicted octanol–water partition coefficient (Wildman–Crippen LogP) is 3.42. The molecule has 2 bridgehead atoms. The summed E-state index contributed by atoms with van der Waals surface area (Å²) in [6.45, 7) is 9.40. The molecule has 0 aliphatic carbocycles. The summed E-state index contributed by atoms with van der Waals surface area (Å²) in [5, 5.41) is 0.698. The third-order valence-electron chi connectivity index (χ3n) is 5.13. The molecule has 3 heteroatoms. The second-order valence-corrected chi connectivity index (χ2v) is 8.23. The van der Waals surface area contributed by atoms with Gasteiger partial charge in [-0.1, -0.05) is 0 Å². The van der Waals surface area contributed by atoms with Crippen LogP contribution in [0.4, 0.5) is 0 Å². The highest BCUT2D eigenvalue weighted by molar-refractivity contribution is 7.99. The highest BCUT2D eigenvalue weighted by Gasteiger charge is 2.44. The van der Waals surface area contributed by atoms with E-state index in [1.165, 1.54) is 25.7 Å². The van der Waals surface area contributed by atoms with Crippen LogP contribution in [0.1, 0.15) is 53.4 Å². The van der Waals surface area contributed by atoms with Gasteiger partial charge in [0.15, 0.2) is 0 Å². The fourth-order valence-corrected chi connectivity index (χ4v) is 4.35. The topological polar surface area (TPSA) is 6.48 Å². The van der Waals surface area contributed by atoms with Crippen molar-refractivity contribution in [3.05, 3.63) is 0 Å². The summed E-state index contributed by atoms with van der Waals surface area (Å²) < 4.78 is 0. The first-order valence-electron chi connectivity index (χ1n) is 7.37. The Balaban J connectivity index is 2.04. The van der Waals surface area contributed by atoms with E-state index in [1.54, 1.807) is 0 Å². The molecular weight excluding hydrogens is 240 g/mol. The lowest BCUT2D eigenvalue weighted by Crippen LogP contribution is -2.55. The van der Waals surface area contributed by atoms with Gasteiger partial charge < -0.3 is 0 Å². The SMILES string of the molecule is CSC(C)N1C2CCC1CC(N(C)C(C)(C)C)C2. The predicted molar refractivity (Wildman–Crippen MR) is 82.2 cm³/mol. The first-order valence-corrected chi connectivity index (χ1v) is 8.66. The van der Waals surface area contributed by atoms with Crippen molar-refractivity contribution >= 4 is 11.8 Å². The minimum Gasteiger partial charge on any atom is -0.298 e. The number of rotatable bonds is 3. The standard InChI is InChI=1S/C15H30N2S/c1-11(18-6)17-12-7-8-13(17)10-14(9-12)16(5)15(2,3)4/h11-14H,7-10H2,1-6H3. The van der Waals surface area contributed by atoms with Crippen LogP contribution < -0.4 is 0 Å². The lowest BCUT2D eigenvalue weighted by molar-refractivity contribution is 0.0273. The van der Waals surface area contributed by atoms with Crippen LogP contribution in [0.15, 0.2) is 0 Å². The molecule has 0 radical (unpaired) electrons. The number of nitrogens with zero attached hydrogens (tertiary/aromatic N) is 2. The first-order chi connectivity index (χ1) is 8.34. The summed E-state index contributed by atoms with van der Waals surface area (Å²) >= 11 is 2.01. The van der Waals surface area contributed by atoms with Gasteiger partial charge in [0, 0.05) is 23.7 Å². The number of thioether (sulfide) groups is 1. The summed E-state index contributed by atoms with van der Waals surface area (Å²) in [7, 11) is 2.32. The molecule has 2 rings (SSSR count). The summed E-state index contributed by atoms with van der Waals surface area (Å²) in [5.74, 6) is 0. The van der Waals surface area contributed by atoms with Gasteiger partial charge in [-0.25, -0.2) is 0 Å². The van der Waals surface area contributed by atoms with Crippen LogP contribution in [0.5, 0.6) is 0 Å². The highest BCUT2D eigenvalue weighted by atomic mass is 32.2. The van der Waals surface area contributed by atoms with E-state index < -0.39 is 0 Å². The van der Waals surface area contributed by atoms with Crippen molar-refractivity contribution in [2.75, 3.05) is 13.3 Å².